The maximum atomic E-state index is 9.56. The Hall–Kier alpha value is -1.52. The first-order chi connectivity index (χ1) is 5.68. The van der Waals surface area contributed by atoms with E-state index in [0.717, 1.165) is 12.6 Å². The van der Waals surface area contributed by atoms with Crippen LogP contribution in [0.5, 0.6) is 0 Å². The number of unbranched alkanes of at least 4 members (excludes halogenated alkanes) is 2. The van der Waals surface area contributed by atoms with E-state index in [1.807, 2.05) is 0 Å². The summed E-state index contributed by atoms with van der Waals surface area (Å²) >= 11 is 0. The Morgan fingerprint density at radius 2 is 1.42 bits per heavy atom. The molecule has 68 valence electrons. The molecule has 0 amide bonds. The Morgan fingerprint density at radius 3 is 1.58 bits per heavy atom. The van der Waals surface area contributed by atoms with Gasteiger partial charge >= 0.3 is 5.97 Å². The third kappa shape index (κ3) is 23.6. The Balaban J connectivity index is 0. The van der Waals surface area contributed by atoms with E-state index in [-0.39, 0.29) is 6.29 Å². The van der Waals surface area contributed by atoms with Crippen molar-refractivity contribution < 1.29 is 24.3 Å². The van der Waals surface area contributed by atoms with Gasteiger partial charge in [0.15, 0.2) is 0 Å². The minimum Gasteiger partial charge on any atom is -0.476 e. The van der Waals surface area contributed by atoms with Gasteiger partial charge in [-0.3, -0.25) is 4.79 Å². The molecule has 0 atom stereocenters. The van der Waals surface area contributed by atoms with Gasteiger partial charge in [0.05, 0.1) is 0 Å². The third-order valence-corrected chi connectivity index (χ3v) is 0.745. The van der Waals surface area contributed by atoms with Crippen LogP contribution in [0.25, 0.3) is 0 Å². The van der Waals surface area contributed by atoms with Gasteiger partial charge in [0, 0.05) is 12.8 Å². The van der Waals surface area contributed by atoms with Gasteiger partial charge in [-0.2, -0.15) is 0 Å². The lowest BCUT2D eigenvalue weighted by atomic mass is 10.3. The highest BCUT2D eigenvalue weighted by atomic mass is 16.4. The molecule has 0 aliphatic heterocycles. The molecule has 0 aromatic carbocycles. The number of aldehydes is 3. The number of carboxylic acid groups (broad SMARTS) is 1. The van der Waals surface area contributed by atoms with Crippen LogP contribution in [0.2, 0.25) is 0 Å². The Kier molecular flexibility index (Phi) is 13.3. The molecule has 0 saturated heterocycles. The molecule has 0 aromatic heterocycles. The summed E-state index contributed by atoms with van der Waals surface area (Å²) in [4.78, 5) is 37.0. The molecular weight excluding hydrogens is 164 g/mol. The second-order valence-electron chi connectivity index (χ2n) is 1.72. The van der Waals surface area contributed by atoms with Gasteiger partial charge in [0.25, 0.3) is 0 Å². The van der Waals surface area contributed by atoms with E-state index >= 15 is 0 Å². The quantitative estimate of drug-likeness (QED) is 0.355. The molecule has 0 rings (SSSR count). The van der Waals surface area contributed by atoms with Crippen LogP contribution in [0.4, 0.5) is 0 Å². The molecule has 0 aromatic rings. The van der Waals surface area contributed by atoms with E-state index in [1.54, 1.807) is 0 Å². The van der Waals surface area contributed by atoms with Crippen molar-refractivity contribution in [1.29, 1.82) is 0 Å². The summed E-state index contributed by atoms with van der Waals surface area (Å²) in [6, 6.07) is 0. The lowest BCUT2D eigenvalue weighted by molar-refractivity contribution is -0.143. The van der Waals surface area contributed by atoms with E-state index in [2.05, 4.69) is 0 Å². The first-order valence-electron chi connectivity index (χ1n) is 3.24. The molecule has 0 bridgehead atoms. The maximum Gasteiger partial charge on any atom is 0.368 e. The smallest absolute Gasteiger partial charge is 0.368 e. The molecule has 0 fully saturated rings. The van der Waals surface area contributed by atoms with Crippen molar-refractivity contribution in [2.45, 2.75) is 19.3 Å². The Bertz CT molecular complexity index is 144. The molecule has 12 heavy (non-hydrogen) atoms. The molecule has 5 nitrogen and oxygen atoms in total. The van der Waals surface area contributed by atoms with Gasteiger partial charge < -0.3 is 14.7 Å². The van der Waals surface area contributed by atoms with Gasteiger partial charge in [-0.1, -0.05) is 0 Å². The van der Waals surface area contributed by atoms with E-state index in [9.17, 15) is 9.59 Å². The van der Waals surface area contributed by atoms with Crippen LogP contribution in [-0.4, -0.2) is 29.9 Å². The van der Waals surface area contributed by atoms with Crippen LogP contribution in [0, 0.1) is 0 Å². The minimum absolute atomic E-state index is 0.167. The summed E-state index contributed by atoms with van der Waals surface area (Å²) < 4.78 is 0. The molecule has 1 N–H and O–H groups in total. The van der Waals surface area contributed by atoms with E-state index in [4.69, 9.17) is 14.7 Å². The van der Waals surface area contributed by atoms with Crippen molar-refractivity contribution in [2.24, 2.45) is 0 Å². The van der Waals surface area contributed by atoms with Gasteiger partial charge in [-0.15, -0.1) is 0 Å². The summed E-state index contributed by atoms with van der Waals surface area (Å²) in [5.41, 5.74) is 0. The van der Waals surface area contributed by atoms with E-state index in [0.29, 0.717) is 19.3 Å². The predicted octanol–water partition coefficient (Wildman–Crippen LogP) is -0.176. The summed E-state index contributed by atoms with van der Waals surface area (Å²) in [7, 11) is 0. The van der Waals surface area contributed by atoms with Crippen LogP contribution in [0.1, 0.15) is 19.3 Å². The summed E-state index contributed by atoms with van der Waals surface area (Å²) in [5, 5.41) is 7.35. The van der Waals surface area contributed by atoms with Gasteiger partial charge in [0.1, 0.15) is 12.6 Å². The highest BCUT2D eigenvalue weighted by Crippen LogP contribution is 1.85. The van der Waals surface area contributed by atoms with Crippen molar-refractivity contribution in [3.05, 3.63) is 0 Å². The van der Waals surface area contributed by atoms with Crippen LogP contribution in [0.15, 0.2) is 0 Å². The molecule has 0 unspecified atom stereocenters. The molecular formula is C7H10O5. The average molecular weight is 174 g/mol. The molecule has 0 heterocycles. The normalized spacial score (nSPS) is 7.33. The topological polar surface area (TPSA) is 88.5 Å². The number of carboxylic acids is 1. The highest BCUT2D eigenvalue weighted by Gasteiger charge is 1.80. The number of carbonyl (C=O) groups is 4. The number of hydrogen-bond acceptors (Lipinski definition) is 4. The fraction of sp³-hybridized carbons (Fsp3) is 0.429. The van der Waals surface area contributed by atoms with E-state index in [1.165, 1.54) is 0 Å². The lowest BCUT2D eigenvalue weighted by Gasteiger charge is -1.78. The number of carbonyl (C=O) groups excluding carboxylic acids is 3. The Morgan fingerprint density at radius 1 is 1.08 bits per heavy atom. The van der Waals surface area contributed by atoms with Crippen LogP contribution in [-0.2, 0) is 19.2 Å². The standard InChI is InChI=1S/C5H8O2.C2H2O3/c6-4-2-1-3-5-7;3-1-2(4)5/h4-5H,1-3H2;1H,(H,4,5). The van der Waals surface area contributed by atoms with E-state index < -0.39 is 5.97 Å². The monoisotopic (exact) mass is 174 g/mol. The molecule has 5 heteroatoms. The van der Waals surface area contributed by atoms with Gasteiger partial charge in [-0.05, 0) is 6.42 Å². The molecule has 0 spiro atoms. The predicted molar refractivity (Wildman–Crippen MR) is 39.7 cm³/mol. The first-order valence-corrected chi connectivity index (χ1v) is 3.24. The van der Waals surface area contributed by atoms with Crippen LogP contribution < -0.4 is 0 Å². The lowest BCUT2D eigenvalue weighted by Crippen LogP contribution is -1.91. The SMILES string of the molecule is O=CC(=O)O.O=CCCCC=O. The largest absolute Gasteiger partial charge is 0.476 e. The van der Waals surface area contributed by atoms with Crippen molar-refractivity contribution in [3.8, 4) is 0 Å². The molecule has 0 aliphatic carbocycles. The zero-order valence-corrected chi connectivity index (χ0v) is 6.43. The fourth-order valence-electron chi connectivity index (χ4n) is 0.285. The van der Waals surface area contributed by atoms with Crippen molar-refractivity contribution in [3.63, 3.8) is 0 Å². The molecule has 0 saturated carbocycles. The number of hydrogen-bond donors (Lipinski definition) is 1. The van der Waals surface area contributed by atoms with Gasteiger partial charge in [0.2, 0.25) is 6.29 Å². The zero-order chi connectivity index (χ0) is 9.82. The zero-order valence-electron chi connectivity index (χ0n) is 6.43. The Labute approximate surface area is 69.4 Å². The average Bonchev–Trinajstić information content (AvgIpc) is 2.07. The molecule has 0 aliphatic rings. The van der Waals surface area contributed by atoms with Gasteiger partial charge in [-0.25, -0.2) is 4.79 Å². The summed E-state index contributed by atoms with van der Waals surface area (Å²) in [5.74, 6) is -1.43. The number of aliphatic carboxylic acids is 1. The van der Waals surface area contributed by atoms with Crippen LogP contribution >= 0.6 is 0 Å². The first kappa shape index (κ1) is 13.1. The summed E-state index contributed by atoms with van der Waals surface area (Å²) in [6.07, 6.45) is 3.21. The van der Waals surface area contributed by atoms with Crippen molar-refractivity contribution >= 4 is 24.8 Å². The molecule has 0 radical (unpaired) electrons. The summed E-state index contributed by atoms with van der Waals surface area (Å²) in [6.45, 7) is 0. The fourth-order valence-corrected chi connectivity index (χ4v) is 0.285. The third-order valence-electron chi connectivity index (χ3n) is 0.745. The highest BCUT2D eigenvalue weighted by molar-refractivity contribution is 6.19. The number of rotatable bonds is 5. The second-order valence-corrected chi connectivity index (χ2v) is 1.72. The van der Waals surface area contributed by atoms with Crippen molar-refractivity contribution in [1.82, 2.24) is 0 Å². The van der Waals surface area contributed by atoms with Crippen molar-refractivity contribution in [2.75, 3.05) is 0 Å². The minimum atomic E-state index is -1.43. The maximum absolute atomic E-state index is 9.56. The second kappa shape index (κ2) is 12.2. The van der Waals surface area contributed by atoms with Crippen LogP contribution in [0.3, 0.4) is 0 Å².